The first-order chi connectivity index (χ1) is 8.54. The molecule has 0 fully saturated rings. The number of hydrazine groups is 1. The number of thiophene rings is 1. The molecule has 0 bridgehead atoms. The fraction of sp³-hybridized carbons (Fsp3) is 0.692. The highest BCUT2D eigenvalue weighted by Gasteiger charge is 2.38. The van der Waals surface area contributed by atoms with Crippen molar-refractivity contribution in [1.82, 2.24) is 10.3 Å². The Morgan fingerprint density at radius 3 is 2.33 bits per heavy atom. The number of hydrogen-bond acceptors (Lipinski definition) is 4. The summed E-state index contributed by atoms with van der Waals surface area (Å²) in [4.78, 5) is 2.47. The van der Waals surface area contributed by atoms with Crippen molar-refractivity contribution < 1.29 is 0 Å². The van der Waals surface area contributed by atoms with Crippen LogP contribution in [0.2, 0.25) is 0 Å². The third kappa shape index (κ3) is 2.96. The van der Waals surface area contributed by atoms with Crippen LogP contribution in [0, 0.1) is 0 Å². The van der Waals surface area contributed by atoms with Gasteiger partial charge < -0.3 is 0 Å². The topological polar surface area (TPSA) is 41.3 Å². The summed E-state index contributed by atoms with van der Waals surface area (Å²) in [6, 6.07) is 0.128. The average Bonchev–Trinajstić information content (AvgIpc) is 2.78. The van der Waals surface area contributed by atoms with Gasteiger partial charge in [-0.3, -0.25) is 16.2 Å². The largest absolute Gasteiger partial charge is 0.297 e. The van der Waals surface area contributed by atoms with Crippen molar-refractivity contribution in [2.45, 2.75) is 45.7 Å². The fourth-order valence-electron chi connectivity index (χ4n) is 2.66. The first-order valence-electron chi connectivity index (χ1n) is 6.47. The van der Waals surface area contributed by atoms with Crippen molar-refractivity contribution in [3.8, 4) is 0 Å². The minimum Gasteiger partial charge on any atom is -0.297 e. The highest BCUT2D eigenvalue weighted by atomic mass is 79.9. The van der Waals surface area contributed by atoms with Crippen LogP contribution in [0.4, 0.5) is 0 Å². The maximum Gasteiger partial charge on any atom is 0.0660 e. The molecule has 2 atom stereocenters. The molecule has 0 radical (unpaired) electrons. The van der Waals surface area contributed by atoms with Gasteiger partial charge in [-0.25, -0.2) is 0 Å². The van der Waals surface area contributed by atoms with Gasteiger partial charge in [0, 0.05) is 15.4 Å². The van der Waals surface area contributed by atoms with E-state index in [1.807, 2.05) is 0 Å². The predicted octanol–water partition coefficient (Wildman–Crippen LogP) is 3.53. The number of rotatable bonds is 7. The lowest BCUT2D eigenvalue weighted by atomic mass is 9.84. The molecule has 104 valence electrons. The second-order valence-electron chi connectivity index (χ2n) is 4.66. The normalized spacial score (nSPS) is 16.8. The van der Waals surface area contributed by atoms with Crippen molar-refractivity contribution in [3.63, 3.8) is 0 Å². The van der Waals surface area contributed by atoms with Gasteiger partial charge in [0.2, 0.25) is 0 Å². The second kappa shape index (κ2) is 7.01. The van der Waals surface area contributed by atoms with Crippen LogP contribution >= 0.6 is 27.3 Å². The van der Waals surface area contributed by atoms with Gasteiger partial charge in [-0.15, -0.1) is 0 Å². The van der Waals surface area contributed by atoms with E-state index in [9.17, 15) is 0 Å². The van der Waals surface area contributed by atoms with Crippen LogP contribution in [0.25, 0.3) is 0 Å². The van der Waals surface area contributed by atoms with Crippen LogP contribution in [0.15, 0.2) is 15.2 Å². The zero-order valence-corrected chi connectivity index (χ0v) is 14.1. The summed E-state index contributed by atoms with van der Waals surface area (Å²) < 4.78 is 1.14. The highest BCUT2D eigenvalue weighted by molar-refractivity contribution is 9.10. The molecule has 0 aliphatic carbocycles. The van der Waals surface area contributed by atoms with Gasteiger partial charge in [0.05, 0.1) is 6.04 Å². The minimum atomic E-state index is 0.0157. The molecule has 3 nitrogen and oxygen atoms in total. The molecule has 1 aromatic rings. The molecule has 2 unspecified atom stereocenters. The second-order valence-corrected chi connectivity index (χ2v) is 6.26. The van der Waals surface area contributed by atoms with E-state index in [4.69, 9.17) is 5.84 Å². The van der Waals surface area contributed by atoms with Crippen molar-refractivity contribution in [1.29, 1.82) is 0 Å². The van der Waals surface area contributed by atoms with Crippen molar-refractivity contribution >= 4 is 27.3 Å². The van der Waals surface area contributed by atoms with Gasteiger partial charge in [0.25, 0.3) is 0 Å². The maximum atomic E-state index is 5.85. The molecule has 18 heavy (non-hydrogen) atoms. The smallest absolute Gasteiger partial charge is 0.0660 e. The van der Waals surface area contributed by atoms with Crippen LogP contribution in [-0.4, -0.2) is 23.5 Å². The predicted molar refractivity (Wildman–Crippen MR) is 83.7 cm³/mol. The number of halogens is 1. The highest BCUT2D eigenvalue weighted by Crippen LogP contribution is 2.38. The summed E-state index contributed by atoms with van der Waals surface area (Å²) in [6.45, 7) is 11.0. The number of likely N-dealkylation sites (N-methyl/N-ethyl adjacent to an activating group) is 1. The molecule has 0 saturated carbocycles. The molecule has 0 aliphatic rings. The lowest BCUT2D eigenvalue weighted by molar-refractivity contribution is 0.0698. The fourth-order valence-corrected chi connectivity index (χ4v) is 4.21. The van der Waals surface area contributed by atoms with Crippen molar-refractivity contribution in [3.05, 3.63) is 20.8 Å². The van der Waals surface area contributed by atoms with Crippen LogP contribution < -0.4 is 11.3 Å². The molecule has 0 aliphatic heterocycles. The molecule has 1 rings (SSSR count). The van der Waals surface area contributed by atoms with E-state index in [0.29, 0.717) is 0 Å². The lowest BCUT2D eigenvalue weighted by Crippen LogP contribution is -2.55. The molecule has 1 heterocycles. The van der Waals surface area contributed by atoms with E-state index >= 15 is 0 Å². The third-order valence-corrected chi connectivity index (χ3v) is 5.70. The summed E-state index contributed by atoms with van der Waals surface area (Å²) in [5, 5.41) is 4.28. The zero-order chi connectivity index (χ0) is 13.8. The van der Waals surface area contributed by atoms with E-state index in [0.717, 1.165) is 24.0 Å². The molecule has 0 aromatic carbocycles. The van der Waals surface area contributed by atoms with Crippen molar-refractivity contribution in [2.75, 3.05) is 13.1 Å². The lowest BCUT2D eigenvalue weighted by Gasteiger charge is -2.45. The summed E-state index contributed by atoms with van der Waals surface area (Å²) in [5.74, 6) is 5.85. The Kier molecular flexibility index (Phi) is 6.27. The van der Waals surface area contributed by atoms with E-state index in [1.54, 1.807) is 11.3 Å². The minimum absolute atomic E-state index is 0.0157. The Hall–Kier alpha value is 0.0600. The van der Waals surface area contributed by atoms with E-state index < -0.39 is 0 Å². The summed E-state index contributed by atoms with van der Waals surface area (Å²) in [6.07, 6.45) is 1.05. The average molecular weight is 334 g/mol. The van der Waals surface area contributed by atoms with Gasteiger partial charge in [-0.05, 0) is 53.3 Å². The van der Waals surface area contributed by atoms with E-state index in [-0.39, 0.29) is 11.6 Å². The number of nitrogens with two attached hydrogens (primary N) is 1. The Balaban J connectivity index is 3.14. The Labute approximate surface area is 123 Å². The van der Waals surface area contributed by atoms with Gasteiger partial charge in [-0.1, -0.05) is 20.8 Å². The maximum absolute atomic E-state index is 5.85. The molecule has 0 spiro atoms. The van der Waals surface area contributed by atoms with Gasteiger partial charge in [-0.2, -0.15) is 11.3 Å². The van der Waals surface area contributed by atoms with Crippen molar-refractivity contribution in [2.24, 2.45) is 5.84 Å². The molecule has 3 N–H and O–H groups in total. The summed E-state index contributed by atoms with van der Waals surface area (Å²) in [7, 11) is 0. The molecule has 0 saturated heterocycles. The van der Waals surface area contributed by atoms with Crippen LogP contribution in [-0.2, 0) is 0 Å². The summed E-state index contributed by atoms with van der Waals surface area (Å²) in [5.41, 5.74) is 4.29. The number of nitrogens with zero attached hydrogens (tertiary/aromatic N) is 1. The Bertz CT molecular complexity index is 365. The first-order valence-corrected chi connectivity index (χ1v) is 8.21. The van der Waals surface area contributed by atoms with E-state index in [2.05, 4.69) is 64.7 Å². The molecular formula is C13H24BrN3S. The Morgan fingerprint density at radius 2 is 2.00 bits per heavy atom. The molecule has 5 heteroatoms. The van der Waals surface area contributed by atoms with Gasteiger partial charge >= 0.3 is 0 Å². The molecular weight excluding hydrogens is 310 g/mol. The standard InChI is InChI=1S/C13H24BrN3S/c1-5-13(4,17(6-2)7-3)12(16-15)10-8-18-9-11(10)14/h8-9,12,16H,5-7,15H2,1-4H3. The van der Waals surface area contributed by atoms with E-state index in [1.165, 1.54) is 5.56 Å². The summed E-state index contributed by atoms with van der Waals surface area (Å²) >= 11 is 5.32. The number of hydrogen-bond donors (Lipinski definition) is 2. The molecule has 0 amide bonds. The van der Waals surface area contributed by atoms with Crippen LogP contribution in [0.1, 0.15) is 45.7 Å². The monoisotopic (exact) mass is 333 g/mol. The third-order valence-electron chi connectivity index (χ3n) is 3.94. The molecule has 1 aromatic heterocycles. The van der Waals surface area contributed by atoms with Gasteiger partial charge in [0.1, 0.15) is 0 Å². The quantitative estimate of drug-likeness (QED) is 0.592. The number of nitrogens with one attached hydrogen (secondary N) is 1. The van der Waals surface area contributed by atoms with Crippen LogP contribution in [0.5, 0.6) is 0 Å². The van der Waals surface area contributed by atoms with Gasteiger partial charge in [0.15, 0.2) is 0 Å². The Morgan fingerprint density at radius 1 is 1.39 bits per heavy atom. The SMILES string of the molecule is CCN(CC)C(C)(CC)C(NN)c1cscc1Br. The van der Waals surface area contributed by atoms with Crippen LogP contribution in [0.3, 0.4) is 0 Å². The first kappa shape index (κ1) is 16.1. The zero-order valence-electron chi connectivity index (χ0n) is 11.7.